The van der Waals surface area contributed by atoms with E-state index >= 15 is 0 Å². The minimum absolute atomic E-state index is 0.438. The van der Waals surface area contributed by atoms with Crippen molar-refractivity contribution in [1.82, 2.24) is 19.7 Å². The summed E-state index contributed by atoms with van der Waals surface area (Å²) >= 11 is 12.3. The van der Waals surface area contributed by atoms with Crippen molar-refractivity contribution in [2.45, 2.75) is 19.3 Å². The lowest BCUT2D eigenvalue weighted by atomic mass is 9.87. The van der Waals surface area contributed by atoms with E-state index in [1.165, 1.54) is 0 Å². The Hall–Kier alpha value is -1.91. The number of hydrogen-bond acceptors (Lipinski definition) is 3. The zero-order chi connectivity index (χ0) is 16.6. The molecule has 0 unspecified atom stereocenters. The second kappa shape index (κ2) is 5.95. The molecule has 0 saturated carbocycles. The fourth-order valence-electron chi connectivity index (χ4n) is 2.62. The minimum atomic E-state index is -0.438. The zero-order valence-corrected chi connectivity index (χ0v) is 14.6. The highest BCUT2D eigenvalue weighted by Gasteiger charge is 2.31. The van der Waals surface area contributed by atoms with Crippen molar-refractivity contribution in [2.75, 3.05) is 0 Å². The van der Waals surface area contributed by atoms with Gasteiger partial charge in [0.2, 0.25) is 0 Å². The third-order valence-corrected chi connectivity index (χ3v) is 4.44. The molecule has 0 aliphatic rings. The van der Waals surface area contributed by atoms with E-state index in [1.54, 1.807) is 6.07 Å². The summed E-state index contributed by atoms with van der Waals surface area (Å²) in [5.41, 5.74) is 1.25. The van der Waals surface area contributed by atoms with Gasteiger partial charge in [-0.3, -0.25) is 0 Å². The number of rotatable bonds is 3. The van der Waals surface area contributed by atoms with Crippen molar-refractivity contribution >= 4 is 23.2 Å². The molecule has 0 aliphatic heterocycles. The van der Waals surface area contributed by atoms with Crippen LogP contribution in [0.25, 0.3) is 11.4 Å². The lowest BCUT2D eigenvalue weighted by molar-refractivity contribution is 0.545. The Morgan fingerprint density at radius 2 is 1.70 bits per heavy atom. The van der Waals surface area contributed by atoms with Crippen molar-refractivity contribution in [3.63, 3.8) is 0 Å². The lowest BCUT2D eigenvalue weighted by Crippen LogP contribution is -2.25. The summed E-state index contributed by atoms with van der Waals surface area (Å²) in [6.45, 7) is 4.10. The normalized spacial score (nSPS) is 11.7. The van der Waals surface area contributed by atoms with Gasteiger partial charge < -0.3 is 4.57 Å². The van der Waals surface area contributed by atoms with Crippen LogP contribution in [-0.2, 0) is 12.5 Å². The summed E-state index contributed by atoms with van der Waals surface area (Å²) in [4.78, 5) is 4.42. The highest BCUT2D eigenvalue weighted by atomic mass is 35.5. The molecular weight excluding hydrogens is 331 g/mol. The van der Waals surface area contributed by atoms with Gasteiger partial charge in [0.05, 0.1) is 16.1 Å². The third kappa shape index (κ3) is 2.84. The number of pyridine rings is 1. The molecule has 0 atom stereocenters. The van der Waals surface area contributed by atoms with E-state index < -0.39 is 5.41 Å². The van der Waals surface area contributed by atoms with E-state index in [9.17, 15) is 0 Å². The molecule has 3 aromatic rings. The van der Waals surface area contributed by atoms with E-state index in [0.717, 1.165) is 22.9 Å². The van der Waals surface area contributed by atoms with E-state index in [2.05, 4.69) is 15.2 Å². The molecule has 0 amide bonds. The van der Waals surface area contributed by atoms with Crippen LogP contribution in [0.4, 0.5) is 0 Å². The van der Waals surface area contributed by atoms with Crippen LogP contribution in [0.5, 0.6) is 0 Å². The second-order valence-corrected chi connectivity index (χ2v) is 6.65. The molecule has 23 heavy (non-hydrogen) atoms. The first-order valence-electron chi connectivity index (χ1n) is 7.19. The standard InChI is InChI=1S/C17H16Cl2N4/c1-17(2,13-9-6-10-14(19)20-13)16-22-21-15(23(16)3)11-7-4-5-8-12(11)18/h4-10H,1-3H3. The minimum Gasteiger partial charge on any atom is -0.313 e. The van der Waals surface area contributed by atoms with Crippen molar-refractivity contribution in [3.8, 4) is 11.4 Å². The van der Waals surface area contributed by atoms with Gasteiger partial charge in [-0.1, -0.05) is 41.4 Å². The van der Waals surface area contributed by atoms with Gasteiger partial charge in [-0.25, -0.2) is 4.98 Å². The van der Waals surface area contributed by atoms with Gasteiger partial charge in [0.15, 0.2) is 5.82 Å². The van der Waals surface area contributed by atoms with Crippen molar-refractivity contribution in [2.24, 2.45) is 7.05 Å². The van der Waals surface area contributed by atoms with Gasteiger partial charge >= 0.3 is 0 Å². The first-order chi connectivity index (χ1) is 10.9. The summed E-state index contributed by atoms with van der Waals surface area (Å²) < 4.78 is 1.95. The Kier molecular flexibility index (Phi) is 4.13. The average Bonchev–Trinajstić information content (AvgIpc) is 2.90. The molecule has 1 aromatic carbocycles. The molecule has 4 nitrogen and oxygen atoms in total. The van der Waals surface area contributed by atoms with Gasteiger partial charge in [-0.05, 0) is 38.1 Å². The van der Waals surface area contributed by atoms with E-state index in [0.29, 0.717) is 10.2 Å². The molecule has 0 aliphatic carbocycles. The predicted molar refractivity (Wildman–Crippen MR) is 92.8 cm³/mol. The molecule has 0 N–H and O–H groups in total. The average molecular weight is 347 g/mol. The monoisotopic (exact) mass is 346 g/mol. The fraction of sp³-hybridized carbons (Fsp3) is 0.235. The summed E-state index contributed by atoms with van der Waals surface area (Å²) in [6.07, 6.45) is 0. The number of aromatic nitrogens is 4. The number of benzene rings is 1. The number of hydrogen-bond donors (Lipinski definition) is 0. The highest BCUT2D eigenvalue weighted by molar-refractivity contribution is 6.33. The molecule has 118 valence electrons. The molecule has 6 heteroatoms. The molecule has 0 spiro atoms. The Bertz CT molecular complexity index is 855. The molecule has 2 aromatic heterocycles. The van der Waals surface area contributed by atoms with Crippen LogP contribution in [0, 0.1) is 0 Å². The summed E-state index contributed by atoms with van der Waals surface area (Å²) in [5, 5.41) is 9.82. The van der Waals surface area contributed by atoms with Crippen molar-refractivity contribution in [3.05, 3.63) is 64.2 Å². The van der Waals surface area contributed by atoms with Gasteiger partial charge in [-0.2, -0.15) is 0 Å². The first-order valence-corrected chi connectivity index (χ1v) is 7.94. The van der Waals surface area contributed by atoms with E-state index in [1.807, 2.05) is 61.9 Å². The Balaban J connectivity index is 2.10. The molecular formula is C17H16Cl2N4. The first kappa shape index (κ1) is 16.0. The molecule has 0 saturated heterocycles. The smallest absolute Gasteiger partial charge is 0.165 e. The summed E-state index contributed by atoms with van der Waals surface area (Å²) in [7, 11) is 1.93. The quantitative estimate of drug-likeness (QED) is 0.655. The lowest BCUT2D eigenvalue weighted by Gasteiger charge is -2.23. The maximum Gasteiger partial charge on any atom is 0.165 e. The van der Waals surface area contributed by atoms with E-state index in [-0.39, 0.29) is 0 Å². The molecule has 0 bridgehead atoms. The predicted octanol–water partition coefficient (Wildman–Crippen LogP) is 4.51. The number of halogens is 2. The van der Waals surface area contributed by atoms with Crippen LogP contribution in [0.2, 0.25) is 10.2 Å². The SMILES string of the molecule is Cn1c(-c2ccccc2Cl)nnc1C(C)(C)c1cccc(Cl)n1. The summed E-state index contributed by atoms with van der Waals surface area (Å²) in [5.74, 6) is 1.52. The van der Waals surface area contributed by atoms with Gasteiger partial charge in [0.25, 0.3) is 0 Å². The van der Waals surface area contributed by atoms with Crippen LogP contribution in [0.3, 0.4) is 0 Å². The Morgan fingerprint density at radius 1 is 0.957 bits per heavy atom. The van der Waals surface area contributed by atoms with Gasteiger partial charge in [0.1, 0.15) is 11.0 Å². The van der Waals surface area contributed by atoms with Crippen LogP contribution < -0.4 is 0 Å². The largest absolute Gasteiger partial charge is 0.313 e. The highest BCUT2D eigenvalue weighted by Crippen LogP contribution is 2.33. The van der Waals surface area contributed by atoms with Crippen molar-refractivity contribution < 1.29 is 0 Å². The molecule has 2 heterocycles. The third-order valence-electron chi connectivity index (χ3n) is 3.90. The zero-order valence-electron chi connectivity index (χ0n) is 13.1. The van der Waals surface area contributed by atoms with Crippen LogP contribution in [0.15, 0.2) is 42.5 Å². The van der Waals surface area contributed by atoms with Crippen LogP contribution >= 0.6 is 23.2 Å². The van der Waals surface area contributed by atoms with Gasteiger partial charge in [-0.15, -0.1) is 10.2 Å². The van der Waals surface area contributed by atoms with Crippen LogP contribution in [-0.4, -0.2) is 19.7 Å². The molecule has 0 radical (unpaired) electrons. The Morgan fingerprint density at radius 3 is 2.39 bits per heavy atom. The Labute approximate surface area is 145 Å². The molecule has 0 fully saturated rings. The second-order valence-electron chi connectivity index (χ2n) is 5.86. The maximum atomic E-state index is 6.28. The van der Waals surface area contributed by atoms with Crippen molar-refractivity contribution in [1.29, 1.82) is 0 Å². The summed E-state index contributed by atoms with van der Waals surface area (Å²) in [6, 6.07) is 13.2. The fourth-order valence-corrected chi connectivity index (χ4v) is 3.01. The van der Waals surface area contributed by atoms with Crippen LogP contribution in [0.1, 0.15) is 25.4 Å². The topological polar surface area (TPSA) is 43.6 Å². The molecule has 3 rings (SSSR count). The maximum absolute atomic E-state index is 6.28. The van der Waals surface area contributed by atoms with Gasteiger partial charge in [0, 0.05) is 12.6 Å². The number of nitrogens with zero attached hydrogens (tertiary/aromatic N) is 4. The van der Waals surface area contributed by atoms with E-state index in [4.69, 9.17) is 23.2 Å².